The van der Waals surface area contributed by atoms with Crippen LogP contribution in [0.2, 0.25) is 0 Å². The van der Waals surface area contributed by atoms with Crippen molar-refractivity contribution in [1.29, 1.82) is 0 Å². The monoisotopic (exact) mass is 216 g/mol. The number of hydrogen-bond acceptors (Lipinski definition) is 2. The van der Waals surface area contributed by atoms with Crippen molar-refractivity contribution in [2.75, 3.05) is 0 Å². The molecule has 0 bridgehead atoms. The van der Waals surface area contributed by atoms with Crippen LogP contribution in [0.3, 0.4) is 0 Å². The molecule has 0 aliphatic rings. The van der Waals surface area contributed by atoms with Gasteiger partial charge in [-0.3, -0.25) is 0 Å². The fourth-order valence-corrected chi connectivity index (χ4v) is 1.76. The van der Waals surface area contributed by atoms with E-state index in [4.69, 9.17) is 4.42 Å². The maximum atomic E-state index is 10.4. The Morgan fingerprint density at radius 2 is 1.88 bits per heavy atom. The van der Waals surface area contributed by atoms with Crippen LogP contribution in [0.4, 0.5) is 0 Å². The van der Waals surface area contributed by atoms with Crippen molar-refractivity contribution in [1.82, 2.24) is 0 Å². The minimum Gasteiger partial charge on any atom is -0.466 e. The summed E-state index contributed by atoms with van der Waals surface area (Å²) in [5, 5.41) is 10.4. The highest BCUT2D eigenvalue weighted by molar-refractivity contribution is 5.32. The molecule has 1 heterocycles. The van der Waals surface area contributed by atoms with Crippen LogP contribution in [0.15, 0.2) is 47.1 Å². The molecule has 2 nitrogen and oxygen atoms in total. The largest absolute Gasteiger partial charge is 0.466 e. The molecule has 0 radical (unpaired) electrons. The molecule has 0 aliphatic carbocycles. The quantitative estimate of drug-likeness (QED) is 0.855. The van der Waals surface area contributed by atoms with Gasteiger partial charge in [0.2, 0.25) is 0 Å². The predicted octanol–water partition coefficient (Wildman–Crippen LogP) is 3.10. The summed E-state index contributed by atoms with van der Waals surface area (Å²) in [5.41, 5.74) is 1.05. The summed E-state index contributed by atoms with van der Waals surface area (Å²) in [6, 6.07) is 11.5. The van der Waals surface area contributed by atoms with Gasteiger partial charge in [0, 0.05) is 0 Å². The van der Waals surface area contributed by atoms with Gasteiger partial charge in [-0.15, -0.1) is 0 Å². The minimum absolute atomic E-state index is 0.566. The van der Waals surface area contributed by atoms with Gasteiger partial charge >= 0.3 is 0 Å². The van der Waals surface area contributed by atoms with E-state index >= 15 is 0 Å². The number of aryl methyl sites for hydroxylation is 1. The first-order chi connectivity index (χ1) is 7.64. The van der Waals surface area contributed by atoms with Gasteiger partial charge in [-0.05, 0) is 36.6 Å². The first-order valence-corrected chi connectivity index (χ1v) is 5.50. The molecule has 84 valence electrons. The molecule has 0 amide bonds. The summed E-state index contributed by atoms with van der Waals surface area (Å²) in [5.74, 6) is 0.566. The van der Waals surface area contributed by atoms with Crippen molar-refractivity contribution in [2.45, 2.75) is 25.9 Å². The molecule has 16 heavy (non-hydrogen) atoms. The van der Waals surface area contributed by atoms with E-state index in [1.165, 1.54) is 5.56 Å². The fourth-order valence-electron chi connectivity index (χ4n) is 1.76. The van der Waals surface area contributed by atoms with Crippen LogP contribution in [0.1, 0.15) is 30.7 Å². The van der Waals surface area contributed by atoms with Gasteiger partial charge in [0.15, 0.2) is 0 Å². The van der Waals surface area contributed by atoms with Crippen molar-refractivity contribution >= 4 is 0 Å². The van der Waals surface area contributed by atoms with Gasteiger partial charge in [-0.1, -0.05) is 31.2 Å². The molecule has 0 aliphatic heterocycles. The van der Waals surface area contributed by atoms with E-state index in [9.17, 15) is 5.11 Å². The zero-order valence-electron chi connectivity index (χ0n) is 9.60. The summed E-state index contributed by atoms with van der Waals surface area (Å²) in [6.07, 6.45) is 2.58. The lowest BCUT2D eigenvalue weighted by atomic mass is 9.92. The lowest BCUT2D eigenvalue weighted by molar-refractivity contribution is 0.0767. The molecule has 2 rings (SSSR count). The van der Waals surface area contributed by atoms with Crippen molar-refractivity contribution in [2.24, 2.45) is 0 Å². The second-order valence-electron chi connectivity index (χ2n) is 4.10. The molecule has 0 saturated heterocycles. The first-order valence-electron chi connectivity index (χ1n) is 5.50. The van der Waals surface area contributed by atoms with E-state index in [0.717, 1.165) is 12.0 Å². The van der Waals surface area contributed by atoms with Gasteiger partial charge in [-0.2, -0.15) is 0 Å². The lowest BCUT2D eigenvalue weighted by Gasteiger charge is -2.21. The Bertz CT molecular complexity index is 438. The average Bonchev–Trinajstić information content (AvgIpc) is 2.83. The maximum Gasteiger partial charge on any atom is 0.144 e. The Labute approximate surface area is 95.5 Å². The third kappa shape index (κ3) is 1.89. The summed E-state index contributed by atoms with van der Waals surface area (Å²) in [4.78, 5) is 0. The highest BCUT2D eigenvalue weighted by Crippen LogP contribution is 2.29. The normalized spacial score (nSPS) is 14.7. The first kappa shape index (κ1) is 11.0. The number of rotatable bonds is 3. The number of hydrogen-bond donors (Lipinski definition) is 1. The standard InChI is InChI=1S/C14H16O2/c1-3-11-6-8-12(9-7-11)14(2,15)13-5-4-10-16-13/h4-10,15H,3H2,1-2H3. The van der Waals surface area contributed by atoms with Gasteiger partial charge in [0.25, 0.3) is 0 Å². The van der Waals surface area contributed by atoms with Crippen LogP contribution in [-0.2, 0) is 12.0 Å². The third-order valence-corrected chi connectivity index (χ3v) is 2.93. The summed E-state index contributed by atoms with van der Waals surface area (Å²) in [7, 11) is 0. The molecule has 0 fully saturated rings. The van der Waals surface area contributed by atoms with Crippen LogP contribution in [-0.4, -0.2) is 5.11 Å². The van der Waals surface area contributed by atoms with Crippen LogP contribution in [0.25, 0.3) is 0 Å². The Morgan fingerprint density at radius 1 is 1.19 bits per heavy atom. The molecular formula is C14H16O2. The SMILES string of the molecule is CCc1ccc(C(C)(O)c2ccco2)cc1. The molecule has 0 spiro atoms. The van der Waals surface area contributed by atoms with Crippen molar-refractivity contribution in [3.05, 3.63) is 59.5 Å². The molecule has 2 heteroatoms. The zero-order chi connectivity index (χ0) is 11.6. The minimum atomic E-state index is -1.06. The molecule has 2 aromatic rings. The van der Waals surface area contributed by atoms with Crippen LogP contribution < -0.4 is 0 Å². The third-order valence-electron chi connectivity index (χ3n) is 2.93. The molecule has 0 saturated carbocycles. The summed E-state index contributed by atoms with van der Waals surface area (Å²) < 4.78 is 5.26. The van der Waals surface area contributed by atoms with Crippen LogP contribution in [0.5, 0.6) is 0 Å². The van der Waals surface area contributed by atoms with Crippen molar-refractivity contribution < 1.29 is 9.52 Å². The van der Waals surface area contributed by atoms with Crippen LogP contribution in [0, 0.1) is 0 Å². The molecule has 1 aromatic carbocycles. The molecule has 1 unspecified atom stereocenters. The number of aliphatic hydroxyl groups is 1. The van der Waals surface area contributed by atoms with E-state index < -0.39 is 5.60 Å². The zero-order valence-corrected chi connectivity index (χ0v) is 9.60. The van der Waals surface area contributed by atoms with Gasteiger partial charge in [0.05, 0.1) is 6.26 Å². The number of benzene rings is 1. The Kier molecular flexibility index (Phi) is 2.84. The van der Waals surface area contributed by atoms with Gasteiger partial charge < -0.3 is 9.52 Å². The summed E-state index contributed by atoms with van der Waals surface area (Å²) in [6.45, 7) is 3.85. The van der Waals surface area contributed by atoms with E-state index in [-0.39, 0.29) is 0 Å². The average molecular weight is 216 g/mol. The highest BCUT2D eigenvalue weighted by atomic mass is 16.4. The Hall–Kier alpha value is -1.54. The predicted molar refractivity (Wildman–Crippen MR) is 63.2 cm³/mol. The molecular weight excluding hydrogens is 200 g/mol. The lowest BCUT2D eigenvalue weighted by Crippen LogP contribution is -2.21. The van der Waals surface area contributed by atoms with Crippen molar-refractivity contribution in [3.63, 3.8) is 0 Å². The molecule has 1 N–H and O–H groups in total. The topological polar surface area (TPSA) is 33.4 Å². The van der Waals surface area contributed by atoms with E-state index in [0.29, 0.717) is 5.76 Å². The van der Waals surface area contributed by atoms with Gasteiger partial charge in [-0.25, -0.2) is 0 Å². The Morgan fingerprint density at radius 3 is 2.38 bits per heavy atom. The molecule has 1 aromatic heterocycles. The molecule has 1 atom stereocenters. The smallest absolute Gasteiger partial charge is 0.144 e. The second-order valence-corrected chi connectivity index (χ2v) is 4.10. The maximum absolute atomic E-state index is 10.4. The van der Waals surface area contributed by atoms with Crippen LogP contribution >= 0.6 is 0 Å². The van der Waals surface area contributed by atoms with Gasteiger partial charge in [0.1, 0.15) is 11.4 Å². The second kappa shape index (κ2) is 4.14. The highest BCUT2D eigenvalue weighted by Gasteiger charge is 2.28. The fraction of sp³-hybridized carbons (Fsp3) is 0.286. The van der Waals surface area contributed by atoms with E-state index in [2.05, 4.69) is 6.92 Å². The van der Waals surface area contributed by atoms with Crippen molar-refractivity contribution in [3.8, 4) is 0 Å². The van der Waals surface area contributed by atoms with E-state index in [1.54, 1.807) is 25.3 Å². The number of furan rings is 1. The van der Waals surface area contributed by atoms with E-state index in [1.807, 2.05) is 24.3 Å². The summed E-state index contributed by atoms with van der Waals surface area (Å²) >= 11 is 0. The Balaban J connectivity index is 2.35.